The summed E-state index contributed by atoms with van der Waals surface area (Å²) in [6.07, 6.45) is 0. The zero-order valence-corrected chi connectivity index (χ0v) is 14.0. The lowest BCUT2D eigenvalue weighted by molar-refractivity contribution is 1.42. The molecule has 0 radical (unpaired) electrons. The Morgan fingerprint density at radius 2 is 1.24 bits per heavy atom. The van der Waals surface area contributed by atoms with Crippen molar-refractivity contribution in [2.75, 3.05) is 0 Å². The van der Waals surface area contributed by atoms with Crippen LogP contribution < -0.4 is 0 Å². The maximum atomic E-state index is 5.02. The third kappa shape index (κ3) is 2.13. The van der Waals surface area contributed by atoms with Crippen LogP contribution >= 0.6 is 0 Å². The van der Waals surface area contributed by atoms with Crippen LogP contribution in [0.1, 0.15) is 5.56 Å². The van der Waals surface area contributed by atoms with Crippen molar-refractivity contribution in [1.82, 2.24) is 4.98 Å². The van der Waals surface area contributed by atoms with Gasteiger partial charge in [0.25, 0.3) is 0 Å². The van der Waals surface area contributed by atoms with Crippen LogP contribution in [0.15, 0.2) is 84.9 Å². The van der Waals surface area contributed by atoms with E-state index in [9.17, 15) is 0 Å². The summed E-state index contributed by atoms with van der Waals surface area (Å²) in [5.74, 6) is 0. The van der Waals surface area contributed by atoms with Crippen LogP contribution in [0.3, 0.4) is 0 Å². The second kappa shape index (κ2) is 5.42. The second-order valence-corrected chi connectivity index (χ2v) is 6.51. The predicted octanol–water partition coefficient (Wildman–Crippen LogP) is 6.52. The Labute approximate surface area is 146 Å². The number of nitrogens with zero attached hydrogens (tertiary/aromatic N) is 1. The van der Waals surface area contributed by atoms with Crippen LogP contribution in [-0.4, -0.2) is 4.98 Å². The molecule has 5 aromatic rings. The second-order valence-electron chi connectivity index (χ2n) is 6.51. The summed E-state index contributed by atoms with van der Waals surface area (Å²) >= 11 is 0. The van der Waals surface area contributed by atoms with Gasteiger partial charge < -0.3 is 0 Å². The van der Waals surface area contributed by atoms with Gasteiger partial charge in [-0.3, -0.25) is 0 Å². The van der Waals surface area contributed by atoms with Crippen molar-refractivity contribution in [2.24, 2.45) is 0 Å². The molecule has 0 atom stereocenters. The van der Waals surface area contributed by atoms with Crippen LogP contribution in [-0.2, 0) is 0 Å². The first kappa shape index (κ1) is 14.2. The van der Waals surface area contributed by atoms with Gasteiger partial charge in [-0.2, -0.15) is 0 Å². The Morgan fingerprint density at radius 1 is 0.600 bits per heavy atom. The quantitative estimate of drug-likeness (QED) is 0.321. The molecule has 0 fully saturated rings. The van der Waals surface area contributed by atoms with E-state index in [0.717, 1.165) is 16.8 Å². The number of para-hydroxylation sites is 1. The van der Waals surface area contributed by atoms with Crippen molar-refractivity contribution in [2.45, 2.75) is 6.92 Å². The molecule has 0 saturated carbocycles. The molecule has 0 unspecified atom stereocenters. The van der Waals surface area contributed by atoms with Crippen molar-refractivity contribution in [3.05, 3.63) is 90.5 Å². The maximum Gasteiger partial charge on any atom is 0.0788 e. The lowest BCUT2D eigenvalue weighted by atomic mass is 9.93. The lowest BCUT2D eigenvalue weighted by Gasteiger charge is -2.14. The fourth-order valence-electron chi connectivity index (χ4n) is 3.81. The van der Waals surface area contributed by atoms with E-state index in [1.165, 1.54) is 32.5 Å². The molecule has 4 aromatic carbocycles. The molecule has 1 heteroatoms. The van der Waals surface area contributed by atoms with E-state index in [1.807, 2.05) is 6.07 Å². The molecule has 0 aliphatic carbocycles. The fraction of sp³-hybridized carbons (Fsp3) is 0.0417. The first-order valence-electron chi connectivity index (χ1n) is 8.59. The smallest absolute Gasteiger partial charge is 0.0788 e. The highest BCUT2D eigenvalue weighted by molar-refractivity contribution is 6.22. The zero-order chi connectivity index (χ0) is 16.8. The van der Waals surface area contributed by atoms with E-state index in [2.05, 4.69) is 85.8 Å². The maximum absolute atomic E-state index is 5.02. The molecule has 0 N–H and O–H groups in total. The Kier molecular flexibility index (Phi) is 3.07. The van der Waals surface area contributed by atoms with Crippen LogP contribution in [0.4, 0.5) is 0 Å². The number of pyridine rings is 1. The Balaban J connectivity index is 2.08. The van der Waals surface area contributed by atoms with Gasteiger partial charge in [0.05, 0.1) is 11.2 Å². The molecule has 1 aromatic heterocycles. The summed E-state index contributed by atoms with van der Waals surface area (Å²) in [7, 11) is 0. The molecule has 25 heavy (non-hydrogen) atoms. The average molecular weight is 319 g/mol. The predicted molar refractivity (Wildman–Crippen MR) is 107 cm³/mol. The van der Waals surface area contributed by atoms with E-state index in [1.54, 1.807) is 0 Å². The average Bonchev–Trinajstić information content (AvgIpc) is 2.68. The summed E-state index contributed by atoms with van der Waals surface area (Å²) in [5.41, 5.74) is 4.55. The molecular formula is C24H17N. The topological polar surface area (TPSA) is 12.9 Å². The summed E-state index contributed by atoms with van der Waals surface area (Å²) in [4.78, 5) is 5.02. The molecule has 0 aliphatic heterocycles. The molecule has 0 amide bonds. The van der Waals surface area contributed by atoms with Crippen LogP contribution in [0.5, 0.6) is 0 Å². The van der Waals surface area contributed by atoms with Crippen LogP contribution in [0.25, 0.3) is 43.7 Å². The summed E-state index contributed by atoms with van der Waals surface area (Å²) in [5, 5.41) is 6.35. The highest BCUT2D eigenvalue weighted by atomic mass is 14.7. The minimum absolute atomic E-state index is 1.04. The number of aryl methyl sites for hydroxylation is 1. The van der Waals surface area contributed by atoms with Gasteiger partial charge in [-0.15, -0.1) is 0 Å². The molecule has 1 heterocycles. The van der Waals surface area contributed by atoms with Gasteiger partial charge in [-0.05, 0) is 35.4 Å². The molecule has 0 bridgehead atoms. The Bertz CT molecular complexity index is 1240. The highest BCUT2D eigenvalue weighted by Gasteiger charge is 2.13. The standard InChI is InChI=1S/C24H17N/c1-16-15-21-23(19-12-6-5-11-18(16)19)20-13-7-8-14-22(20)25-24(21)17-9-3-2-4-10-17/h2-15H,1H3. The lowest BCUT2D eigenvalue weighted by Crippen LogP contribution is -1.92. The first-order valence-corrected chi connectivity index (χ1v) is 8.59. The Morgan fingerprint density at radius 3 is 2.04 bits per heavy atom. The normalized spacial score (nSPS) is 11.4. The van der Waals surface area contributed by atoms with Crippen molar-refractivity contribution < 1.29 is 0 Å². The zero-order valence-electron chi connectivity index (χ0n) is 14.0. The van der Waals surface area contributed by atoms with Crippen molar-refractivity contribution in [1.29, 1.82) is 0 Å². The molecule has 0 saturated heterocycles. The van der Waals surface area contributed by atoms with E-state index in [-0.39, 0.29) is 0 Å². The number of rotatable bonds is 1. The number of fused-ring (bicyclic) bond motifs is 5. The van der Waals surface area contributed by atoms with E-state index in [0.29, 0.717) is 0 Å². The minimum Gasteiger partial charge on any atom is -0.247 e. The van der Waals surface area contributed by atoms with Gasteiger partial charge in [0.1, 0.15) is 0 Å². The highest BCUT2D eigenvalue weighted by Crippen LogP contribution is 2.38. The summed E-state index contributed by atoms with van der Waals surface area (Å²) in [6, 6.07) is 29.9. The summed E-state index contributed by atoms with van der Waals surface area (Å²) in [6.45, 7) is 2.19. The molecule has 118 valence electrons. The van der Waals surface area contributed by atoms with Crippen molar-refractivity contribution in [3.8, 4) is 11.3 Å². The van der Waals surface area contributed by atoms with E-state index in [4.69, 9.17) is 4.98 Å². The van der Waals surface area contributed by atoms with Gasteiger partial charge in [0, 0.05) is 21.7 Å². The van der Waals surface area contributed by atoms with E-state index >= 15 is 0 Å². The van der Waals surface area contributed by atoms with Crippen LogP contribution in [0.2, 0.25) is 0 Å². The number of aromatic nitrogens is 1. The fourth-order valence-corrected chi connectivity index (χ4v) is 3.81. The summed E-state index contributed by atoms with van der Waals surface area (Å²) < 4.78 is 0. The largest absolute Gasteiger partial charge is 0.247 e. The van der Waals surface area contributed by atoms with Crippen molar-refractivity contribution in [3.63, 3.8) is 0 Å². The third-order valence-corrected chi connectivity index (χ3v) is 4.96. The number of benzene rings is 4. The number of hydrogen-bond donors (Lipinski definition) is 0. The molecule has 0 spiro atoms. The molecule has 0 aliphatic rings. The van der Waals surface area contributed by atoms with Gasteiger partial charge in [0.2, 0.25) is 0 Å². The Hall–Kier alpha value is -3.19. The first-order chi connectivity index (χ1) is 12.3. The van der Waals surface area contributed by atoms with E-state index < -0.39 is 0 Å². The van der Waals surface area contributed by atoms with Gasteiger partial charge in [-0.1, -0.05) is 72.8 Å². The molecule has 1 nitrogen and oxygen atoms in total. The third-order valence-electron chi connectivity index (χ3n) is 4.96. The SMILES string of the molecule is Cc1cc2c(-c3ccccc3)nc3ccccc3c2c2ccccc12. The number of hydrogen-bond acceptors (Lipinski definition) is 1. The van der Waals surface area contributed by atoms with Gasteiger partial charge in [-0.25, -0.2) is 4.98 Å². The molecule has 5 rings (SSSR count). The van der Waals surface area contributed by atoms with Crippen LogP contribution in [0, 0.1) is 6.92 Å². The van der Waals surface area contributed by atoms with Gasteiger partial charge in [0.15, 0.2) is 0 Å². The van der Waals surface area contributed by atoms with Crippen molar-refractivity contribution >= 4 is 32.4 Å². The minimum atomic E-state index is 1.04. The van der Waals surface area contributed by atoms with Gasteiger partial charge >= 0.3 is 0 Å². The molecular weight excluding hydrogens is 302 g/mol. The monoisotopic (exact) mass is 319 g/mol.